The molecule has 44 heavy (non-hydrogen) atoms. The highest BCUT2D eigenvalue weighted by atomic mass is 32.2. The van der Waals surface area contributed by atoms with E-state index in [-0.39, 0.29) is 31.8 Å². The number of benzene rings is 3. The second kappa shape index (κ2) is 12.7. The molecule has 0 bridgehead atoms. The number of anilines is 1. The van der Waals surface area contributed by atoms with Gasteiger partial charge in [0, 0.05) is 29.7 Å². The zero-order valence-corrected chi connectivity index (χ0v) is 25.2. The van der Waals surface area contributed by atoms with E-state index in [2.05, 4.69) is 15.3 Å². The van der Waals surface area contributed by atoms with Crippen molar-refractivity contribution < 1.29 is 33.3 Å². The second-order valence-electron chi connectivity index (χ2n) is 10.2. The summed E-state index contributed by atoms with van der Waals surface area (Å²) in [6.45, 7) is 4.09. The number of nitrogens with zero attached hydrogens (tertiary/aromatic N) is 3. The lowest BCUT2D eigenvalue weighted by atomic mass is 10.0. The standard InChI is InChI=1S/C32H30N4O7S/c1-19-12-20(2)34-32(33-19)44-16-29(37)36(15-21-4-8-24(39-3)9-5-21)30(22-6-10-25-27(13-22)42-17-40-25)31(38)35-23-7-11-26-28(14-23)43-18-41-26/h4-14,30H,15-18H2,1-3H3,(H,35,38). The van der Waals surface area contributed by atoms with E-state index in [0.717, 1.165) is 17.0 Å². The van der Waals surface area contributed by atoms with Crippen LogP contribution in [0.15, 0.2) is 71.9 Å². The molecule has 1 aromatic heterocycles. The minimum atomic E-state index is -1.04. The lowest BCUT2D eigenvalue weighted by Gasteiger charge is -2.31. The number of methoxy groups -OCH3 is 1. The van der Waals surface area contributed by atoms with Crippen molar-refractivity contribution in [1.82, 2.24) is 14.9 Å². The zero-order valence-electron chi connectivity index (χ0n) is 24.4. The Morgan fingerprint density at radius 1 is 0.864 bits per heavy atom. The molecule has 2 aliphatic heterocycles. The second-order valence-corrected chi connectivity index (χ2v) is 11.1. The number of hydrogen-bond donors (Lipinski definition) is 1. The Kier molecular flexibility index (Phi) is 8.42. The van der Waals surface area contributed by atoms with Gasteiger partial charge in [-0.3, -0.25) is 9.59 Å². The molecule has 6 rings (SSSR count). The normalized spacial score (nSPS) is 13.3. The molecule has 0 saturated heterocycles. The molecular formula is C32H30N4O7S. The fraction of sp³-hybridized carbons (Fsp3) is 0.250. The summed E-state index contributed by atoms with van der Waals surface area (Å²) in [5.74, 6) is 2.18. The molecule has 0 fully saturated rings. The topological polar surface area (TPSA) is 121 Å². The lowest BCUT2D eigenvalue weighted by molar-refractivity contribution is -0.137. The van der Waals surface area contributed by atoms with E-state index < -0.39 is 11.9 Å². The molecule has 2 aliphatic rings. The van der Waals surface area contributed by atoms with Crippen molar-refractivity contribution in [1.29, 1.82) is 0 Å². The summed E-state index contributed by atoms with van der Waals surface area (Å²) in [5, 5.41) is 3.46. The maximum absolute atomic E-state index is 14.2. The summed E-state index contributed by atoms with van der Waals surface area (Å²) >= 11 is 1.22. The third-order valence-corrected chi connectivity index (χ3v) is 7.86. The Hall–Kier alpha value is -4.97. The van der Waals surface area contributed by atoms with Crippen LogP contribution in [0.4, 0.5) is 5.69 Å². The number of aromatic nitrogens is 2. The van der Waals surface area contributed by atoms with Crippen molar-refractivity contribution in [2.75, 3.05) is 31.8 Å². The van der Waals surface area contributed by atoms with E-state index in [4.69, 9.17) is 23.7 Å². The number of aryl methyl sites for hydroxylation is 2. The number of hydrogen-bond acceptors (Lipinski definition) is 10. The van der Waals surface area contributed by atoms with Crippen LogP contribution in [0.1, 0.15) is 28.6 Å². The first kappa shape index (κ1) is 29.1. The van der Waals surface area contributed by atoms with E-state index in [1.165, 1.54) is 11.8 Å². The summed E-state index contributed by atoms with van der Waals surface area (Å²) in [6, 6.07) is 18.6. The molecule has 11 nitrogen and oxygen atoms in total. The molecule has 0 saturated carbocycles. The maximum atomic E-state index is 14.2. The van der Waals surface area contributed by atoms with Gasteiger partial charge in [-0.25, -0.2) is 9.97 Å². The Morgan fingerprint density at radius 2 is 1.50 bits per heavy atom. The van der Waals surface area contributed by atoms with Crippen LogP contribution in [-0.4, -0.2) is 53.1 Å². The molecule has 226 valence electrons. The van der Waals surface area contributed by atoms with Gasteiger partial charge in [0.2, 0.25) is 19.5 Å². The number of nitrogens with one attached hydrogen (secondary N) is 1. The highest BCUT2D eigenvalue weighted by Crippen LogP contribution is 2.38. The molecule has 0 radical (unpaired) electrons. The summed E-state index contributed by atoms with van der Waals surface area (Å²) in [7, 11) is 1.59. The summed E-state index contributed by atoms with van der Waals surface area (Å²) in [5.41, 5.74) is 3.49. The van der Waals surface area contributed by atoms with Crippen LogP contribution in [0.3, 0.4) is 0 Å². The number of ether oxygens (including phenoxy) is 5. The quantitative estimate of drug-likeness (QED) is 0.192. The molecule has 1 unspecified atom stereocenters. The predicted molar refractivity (Wildman–Crippen MR) is 162 cm³/mol. The van der Waals surface area contributed by atoms with Crippen LogP contribution in [0.5, 0.6) is 28.7 Å². The Labute approximate surface area is 258 Å². The molecule has 1 N–H and O–H groups in total. The van der Waals surface area contributed by atoms with Gasteiger partial charge in [-0.2, -0.15) is 0 Å². The Balaban J connectivity index is 1.36. The van der Waals surface area contributed by atoms with Crippen molar-refractivity contribution >= 4 is 29.3 Å². The summed E-state index contributed by atoms with van der Waals surface area (Å²) in [6.07, 6.45) is 0. The molecular weight excluding hydrogens is 584 g/mol. The monoisotopic (exact) mass is 614 g/mol. The van der Waals surface area contributed by atoms with Gasteiger partial charge in [0.05, 0.1) is 12.9 Å². The number of thioether (sulfide) groups is 1. The van der Waals surface area contributed by atoms with Gasteiger partial charge in [-0.05, 0) is 67.4 Å². The average molecular weight is 615 g/mol. The van der Waals surface area contributed by atoms with Gasteiger partial charge >= 0.3 is 0 Å². The Bertz CT molecular complexity index is 1680. The van der Waals surface area contributed by atoms with E-state index in [9.17, 15) is 9.59 Å². The van der Waals surface area contributed by atoms with Crippen LogP contribution in [0, 0.1) is 13.8 Å². The number of carbonyl (C=O) groups excluding carboxylic acids is 2. The van der Waals surface area contributed by atoms with Gasteiger partial charge in [-0.15, -0.1) is 0 Å². The van der Waals surface area contributed by atoms with Crippen molar-refractivity contribution in [3.8, 4) is 28.7 Å². The van der Waals surface area contributed by atoms with Crippen molar-refractivity contribution in [3.63, 3.8) is 0 Å². The first-order valence-electron chi connectivity index (χ1n) is 13.8. The van der Waals surface area contributed by atoms with Crippen LogP contribution in [0.25, 0.3) is 0 Å². The fourth-order valence-electron chi connectivity index (χ4n) is 4.96. The molecule has 3 aromatic carbocycles. The largest absolute Gasteiger partial charge is 0.497 e. The lowest BCUT2D eigenvalue weighted by Crippen LogP contribution is -2.41. The smallest absolute Gasteiger partial charge is 0.251 e. The Morgan fingerprint density at radius 3 is 2.18 bits per heavy atom. The van der Waals surface area contributed by atoms with Crippen LogP contribution in [0.2, 0.25) is 0 Å². The van der Waals surface area contributed by atoms with Crippen molar-refractivity contribution in [3.05, 3.63) is 89.2 Å². The molecule has 0 spiro atoms. The zero-order chi connectivity index (χ0) is 30.6. The van der Waals surface area contributed by atoms with Crippen LogP contribution < -0.4 is 29.0 Å². The number of carbonyl (C=O) groups is 2. The average Bonchev–Trinajstić information content (AvgIpc) is 3.68. The highest BCUT2D eigenvalue weighted by Gasteiger charge is 2.33. The molecule has 3 heterocycles. The molecule has 4 aromatic rings. The van der Waals surface area contributed by atoms with E-state index >= 15 is 0 Å². The van der Waals surface area contributed by atoms with Crippen LogP contribution in [-0.2, 0) is 16.1 Å². The van der Waals surface area contributed by atoms with Crippen molar-refractivity contribution in [2.45, 2.75) is 31.6 Å². The van der Waals surface area contributed by atoms with Gasteiger partial charge in [0.15, 0.2) is 28.2 Å². The molecule has 1 atom stereocenters. The van der Waals surface area contributed by atoms with Crippen molar-refractivity contribution in [2.24, 2.45) is 0 Å². The van der Waals surface area contributed by atoms with E-state index in [0.29, 0.717) is 45.2 Å². The fourth-order valence-corrected chi connectivity index (χ4v) is 5.79. The predicted octanol–water partition coefficient (Wildman–Crippen LogP) is 5.06. The minimum absolute atomic E-state index is 0.0113. The van der Waals surface area contributed by atoms with E-state index in [1.54, 1.807) is 48.4 Å². The first-order chi connectivity index (χ1) is 21.4. The molecule has 12 heteroatoms. The number of rotatable bonds is 10. The summed E-state index contributed by atoms with van der Waals surface area (Å²) in [4.78, 5) is 38.8. The molecule has 0 aliphatic carbocycles. The van der Waals surface area contributed by atoms with Gasteiger partial charge < -0.3 is 33.9 Å². The highest BCUT2D eigenvalue weighted by molar-refractivity contribution is 7.99. The minimum Gasteiger partial charge on any atom is -0.497 e. The van der Waals surface area contributed by atoms with Gasteiger partial charge in [0.1, 0.15) is 11.8 Å². The third-order valence-electron chi connectivity index (χ3n) is 7.03. The van der Waals surface area contributed by atoms with E-state index in [1.807, 2.05) is 44.2 Å². The maximum Gasteiger partial charge on any atom is 0.251 e. The third kappa shape index (κ3) is 6.50. The first-order valence-corrected chi connectivity index (χ1v) is 14.8. The van der Waals surface area contributed by atoms with Gasteiger partial charge in [-0.1, -0.05) is 30.0 Å². The number of amides is 2. The SMILES string of the molecule is COc1ccc(CN(C(=O)CSc2nc(C)cc(C)n2)C(C(=O)Nc2ccc3c(c2)OCO3)c2ccc3c(c2)OCO3)cc1. The molecule has 2 amide bonds. The van der Waals surface area contributed by atoms with Crippen LogP contribution >= 0.6 is 11.8 Å². The van der Waals surface area contributed by atoms with Gasteiger partial charge in [0.25, 0.3) is 5.91 Å². The summed E-state index contributed by atoms with van der Waals surface area (Å²) < 4.78 is 27.4. The number of fused-ring (bicyclic) bond motifs is 2.